The molecule has 28 heavy (non-hydrogen) atoms. The molecule has 2 N–H and O–H groups in total. The van der Waals surface area contributed by atoms with Gasteiger partial charge in [-0.2, -0.15) is 4.39 Å². The van der Waals surface area contributed by atoms with E-state index in [1.54, 1.807) is 0 Å². The molecule has 10 heteroatoms. The first-order chi connectivity index (χ1) is 13.3. The Hall–Kier alpha value is -2.68. The number of carbonyl (C=O) groups excluding carboxylic acids is 1. The van der Waals surface area contributed by atoms with Gasteiger partial charge in [0.1, 0.15) is 11.8 Å². The fourth-order valence-electron chi connectivity index (χ4n) is 3.49. The van der Waals surface area contributed by atoms with Crippen molar-refractivity contribution in [1.29, 1.82) is 0 Å². The highest BCUT2D eigenvalue weighted by atomic mass is 35.5. The fraction of sp³-hybridized carbons (Fsp3) is 0.333. The number of amidine groups is 1. The number of halogens is 4. The third-order valence-corrected chi connectivity index (χ3v) is 5.13. The number of hydrogen-bond acceptors (Lipinski definition) is 6. The van der Waals surface area contributed by atoms with E-state index in [0.29, 0.717) is 5.02 Å². The number of nitrogens with zero attached hydrogens (tertiary/aromatic N) is 3. The zero-order valence-electron chi connectivity index (χ0n) is 14.3. The molecule has 0 bridgehead atoms. The van der Waals surface area contributed by atoms with Crippen LogP contribution in [0.1, 0.15) is 28.0 Å². The summed E-state index contributed by atoms with van der Waals surface area (Å²) in [5, 5.41) is 0.370. The molecule has 1 aliphatic carbocycles. The minimum absolute atomic E-state index is 0.148. The Labute approximate surface area is 162 Å². The quantitative estimate of drug-likeness (QED) is 0.604. The first-order valence-electron chi connectivity index (χ1n) is 8.41. The van der Waals surface area contributed by atoms with Crippen LogP contribution >= 0.6 is 11.6 Å². The van der Waals surface area contributed by atoms with Gasteiger partial charge in [-0.3, -0.25) is 9.78 Å². The third-order valence-electron chi connectivity index (χ3n) is 4.90. The molecule has 4 rings (SSSR count). The van der Waals surface area contributed by atoms with Crippen molar-refractivity contribution >= 4 is 23.4 Å². The second-order valence-electron chi connectivity index (χ2n) is 6.72. The molecule has 3 atom stereocenters. The first-order valence-corrected chi connectivity index (χ1v) is 8.79. The number of ether oxygens (including phenoxy) is 1. The Morgan fingerprint density at radius 3 is 2.82 bits per heavy atom. The Bertz CT molecular complexity index is 970. The van der Waals surface area contributed by atoms with Gasteiger partial charge in [0.2, 0.25) is 5.95 Å². The maximum atomic E-state index is 14.5. The van der Waals surface area contributed by atoms with Gasteiger partial charge >= 0.3 is 0 Å². The number of nitrogens with two attached hydrogens (primary N) is 1. The van der Waals surface area contributed by atoms with E-state index in [-0.39, 0.29) is 29.9 Å². The minimum atomic E-state index is -3.02. The zero-order chi connectivity index (χ0) is 20.1. The molecule has 6 nitrogen and oxygen atoms in total. The van der Waals surface area contributed by atoms with Crippen LogP contribution in [0.3, 0.4) is 0 Å². The highest BCUT2D eigenvalue weighted by molar-refractivity contribution is 6.30. The van der Waals surface area contributed by atoms with E-state index >= 15 is 0 Å². The van der Waals surface area contributed by atoms with Crippen LogP contribution < -0.4 is 5.73 Å². The number of aliphatic imine (C=N–C) groups is 1. The normalized spacial score (nSPS) is 25.7. The van der Waals surface area contributed by atoms with E-state index in [1.165, 1.54) is 24.4 Å². The van der Waals surface area contributed by atoms with Crippen molar-refractivity contribution in [2.24, 2.45) is 16.6 Å². The average molecular weight is 411 g/mol. The highest BCUT2D eigenvalue weighted by Crippen LogP contribution is 2.56. The summed E-state index contributed by atoms with van der Waals surface area (Å²) in [5.41, 5.74) is 3.37. The number of Topliss-reactive ketones (excluding diaryl/α,β-unsaturated/α-hetero) is 1. The average Bonchev–Trinajstić information content (AvgIpc) is 3.42. The van der Waals surface area contributed by atoms with Crippen LogP contribution in [0.15, 0.2) is 35.6 Å². The number of hydrogen-bond donors (Lipinski definition) is 1. The number of carbonyl (C=O) groups is 1. The molecule has 1 aliphatic heterocycles. The summed E-state index contributed by atoms with van der Waals surface area (Å²) in [6, 6.07) is 3.74. The molecule has 3 heterocycles. The molecule has 0 saturated heterocycles. The second kappa shape index (κ2) is 6.73. The van der Waals surface area contributed by atoms with Crippen molar-refractivity contribution in [3.05, 3.63) is 58.4 Å². The summed E-state index contributed by atoms with van der Waals surface area (Å²) in [4.78, 5) is 23.7. The lowest BCUT2D eigenvalue weighted by Crippen LogP contribution is -2.43. The third kappa shape index (κ3) is 3.09. The van der Waals surface area contributed by atoms with Gasteiger partial charge in [0, 0.05) is 30.3 Å². The minimum Gasteiger partial charge on any atom is -0.462 e. The summed E-state index contributed by atoms with van der Waals surface area (Å²) in [6.45, 7) is 0. The second-order valence-corrected chi connectivity index (χ2v) is 7.15. The lowest BCUT2D eigenvalue weighted by atomic mass is 9.85. The van der Waals surface area contributed by atoms with Gasteiger partial charge in [-0.15, -0.1) is 0 Å². The van der Waals surface area contributed by atoms with E-state index in [2.05, 4.69) is 15.0 Å². The van der Waals surface area contributed by atoms with Crippen molar-refractivity contribution < 1.29 is 22.7 Å². The summed E-state index contributed by atoms with van der Waals surface area (Å²) < 4.78 is 47.8. The Balaban J connectivity index is 1.70. The summed E-state index contributed by atoms with van der Waals surface area (Å²) in [6.07, 6.45) is -1.02. The molecule has 2 aromatic rings. The first kappa shape index (κ1) is 18.7. The smallest absolute Gasteiger partial charge is 0.283 e. The fourth-order valence-corrected chi connectivity index (χ4v) is 3.60. The largest absolute Gasteiger partial charge is 0.462 e. The standard InChI is InChI=1S/C18H14ClF3N4O2/c19-9-1-2-12(24-7-9)13(27)4-8-3-11(15(20)25-6-8)18(16(21)22)10-5-14(10)28-17(23)26-18/h1-3,6-7,10,14,16H,4-5H2,(H2,23,26)/t10-,14+,18-/m1/s1. The predicted octanol–water partition coefficient (Wildman–Crippen LogP) is 2.89. The number of alkyl halides is 2. The Kier molecular flexibility index (Phi) is 4.49. The maximum Gasteiger partial charge on any atom is 0.283 e. The van der Waals surface area contributed by atoms with Crippen molar-refractivity contribution in [2.45, 2.75) is 30.9 Å². The van der Waals surface area contributed by atoms with Crippen LogP contribution in [0.5, 0.6) is 0 Å². The molecule has 0 amide bonds. The van der Waals surface area contributed by atoms with Crippen molar-refractivity contribution in [2.75, 3.05) is 0 Å². The van der Waals surface area contributed by atoms with Crippen molar-refractivity contribution in [3.63, 3.8) is 0 Å². The van der Waals surface area contributed by atoms with Crippen LogP contribution in [-0.2, 0) is 16.7 Å². The van der Waals surface area contributed by atoms with E-state index in [1.807, 2.05) is 0 Å². The maximum absolute atomic E-state index is 14.5. The monoisotopic (exact) mass is 410 g/mol. The number of pyridine rings is 2. The Morgan fingerprint density at radius 2 is 2.14 bits per heavy atom. The number of ketones is 1. The summed E-state index contributed by atoms with van der Waals surface area (Å²) in [5.74, 6) is -2.17. The van der Waals surface area contributed by atoms with Gasteiger partial charge in [0.05, 0.1) is 5.02 Å². The lowest BCUT2D eigenvalue weighted by molar-refractivity contribution is 0.0171. The van der Waals surface area contributed by atoms with Crippen molar-refractivity contribution in [1.82, 2.24) is 9.97 Å². The molecule has 146 valence electrons. The number of rotatable bonds is 5. The van der Waals surface area contributed by atoms with Crippen molar-refractivity contribution in [3.8, 4) is 0 Å². The highest BCUT2D eigenvalue weighted by Gasteiger charge is 2.64. The van der Waals surface area contributed by atoms with E-state index in [9.17, 15) is 18.0 Å². The van der Waals surface area contributed by atoms with Gasteiger partial charge in [-0.1, -0.05) is 11.6 Å². The topological polar surface area (TPSA) is 90.5 Å². The molecule has 0 aromatic carbocycles. The molecule has 0 spiro atoms. The van der Waals surface area contributed by atoms with Crippen LogP contribution in [0.25, 0.3) is 0 Å². The summed E-state index contributed by atoms with van der Waals surface area (Å²) >= 11 is 5.75. The zero-order valence-corrected chi connectivity index (χ0v) is 15.0. The van der Waals surface area contributed by atoms with E-state index in [0.717, 1.165) is 6.20 Å². The van der Waals surface area contributed by atoms with Gasteiger partial charge < -0.3 is 10.5 Å². The van der Waals surface area contributed by atoms with Gasteiger partial charge in [0.15, 0.2) is 11.3 Å². The molecule has 0 unspecified atom stereocenters. The van der Waals surface area contributed by atoms with Gasteiger partial charge in [-0.05, 0) is 30.2 Å². The van der Waals surface area contributed by atoms with Gasteiger partial charge in [0.25, 0.3) is 12.4 Å². The molecule has 1 fully saturated rings. The van der Waals surface area contributed by atoms with Crippen LogP contribution in [-0.4, -0.2) is 34.3 Å². The number of aromatic nitrogens is 2. The Morgan fingerprint density at radius 1 is 1.36 bits per heavy atom. The van der Waals surface area contributed by atoms with E-state index < -0.39 is 41.5 Å². The predicted molar refractivity (Wildman–Crippen MR) is 93.8 cm³/mol. The summed E-state index contributed by atoms with van der Waals surface area (Å²) in [7, 11) is 0. The SMILES string of the molecule is NC1=N[C@](c2cc(CC(=O)c3ccc(Cl)cn3)cnc2F)(C(F)F)[C@@H]2C[C@@H]2O1. The van der Waals surface area contributed by atoms with Crippen LogP contribution in [0, 0.1) is 11.9 Å². The molecule has 2 aromatic heterocycles. The molecule has 2 aliphatic rings. The van der Waals surface area contributed by atoms with Crippen LogP contribution in [0.4, 0.5) is 13.2 Å². The molecule has 0 radical (unpaired) electrons. The van der Waals surface area contributed by atoms with E-state index in [4.69, 9.17) is 22.1 Å². The van der Waals surface area contributed by atoms with Gasteiger partial charge in [-0.25, -0.2) is 18.8 Å². The van der Waals surface area contributed by atoms with Crippen LogP contribution in [0.2, 0.25) is 5.02 Å². The molecular weight excluding hydrogens is 397 g/mol. The molecular formula is C18H14ClF3N4O2. The lowest BCUT2D eigenvalue weighted by Gasteiger charge is -2.32. The molecule has 1 saturated carbocycles. The number of fused-ring (bicyclic) bond motifs is 1.